The first-order valence-electron chi connectivity index (χ1n) is 9.01. The van der Waals surface area contributed by atoms with Crippen LogP contribution >= 0.6 is 0 Å². The van der Waals surface area contributed by atoms with Gasteiger partial charge in [0.15, 0.2) is 11.6 Å². The van der Waals surface area contributed by atoms with Gasteiger partial charge in [-0.25, -0.2) is 9.18 Å². The highest BCUT2D eigenvalue weighted by Gasteiger charge is 2.33. The van der Waals surface area contributed by atoms with Crippen LogP contribution in [-0.4, -0.2) is 46.6 Å². The normalized spacial score (nSPS) is 14.4. The van der Waals surface area contributed by atoms with E-state index >= 15 is 0 Å². The number of amides is 1. The number of carboxylic acid groups (broad SMARTS) is 1. The zero-order valence-corrected chi connectivity index (χ0v) is 16.0. The molecule has 7 nitrogen and oxygen atoms in total. The number of carbonyl (C=O) groups excluding carboxylic acids is 1. The second-order valence-corrected chi connectivity index (χ2v) is 6.71. The van der Waals surface area contributed by atoms with E-state index in [0.717, 1.165) is 11.6 Å². The average molecular weight is 444 g/mol. The lowest BCUT2D eigenvalue weighted by molar-refractivity contribution is -0.275. The molecule has 2 aromatic carbocycles. The summed E-state index contributed by atoms with van der Waals surface area (Å²) in [6.45, 7) is 0. The number of carbonyl (C=O) groups is 2. The van der Waals surface area contributed by atoms with Crippen LogP contribution in [0.4, 0.5) is 17.6 Å². The fraction of sp³-hybridized carbons (Fsp3) is 0.300. The predicted octanol–water partition coefficient (Wildman–Crippen LogP) is 1.77. The summed E-state index contributed by atoms with van der Waals surface area (Å²) in [5, 5.41) is 21.6. The van der Waals surface area contributed by atoms with Gasteiger partial charge in [-0.05, 0) is 29.7 Å². The summed E-state index contributed by atoms with van der Waals surface area (Å²) in [7, 11) is 0. The molecule has 2 rings (SSSR count). The molecule has 0 aromatic heterocycles. The standard InChI is InChI=1S/C20H20F4N2O5/c21-13-7-6-12(10-16(13)31-20(22,23)24)9-15(19(29)30)26-18(28)17(27)14(25)8-11-4-2-1-3-5-11/h1-7,10,14-15,17,27H,8-9,25H2,(H,26,28)(H,29,30)/t14-,15+,17+/m1/s1. The van der Waals surface area contributed by atoms with Gasteiger partial charge in [-0.1, -0.05) is 36.4 Å². The highest BCUT2D eigenvalue weighted by Crippen LogP contribution is 2.27. The molecule has 0 aliphatic heterocycles. The van der Waals surface area contributed by atoms with Crippen molar-refractivity contribution < 1.29 is 42.1 Å². The Hall–Kier alpha value is -3.18. The Morgan fingerprint density at radius 1 is 1.06 bits per heavy atom. The van der Waals surface area contributed by atoms with Crippen molar-refractivity contribution in [2.45, 2.75) is 37.4 Å². The van der Waals surface area contributed by atoms with E-state index in [1.54, 1.807) is 30.3 Å². The highest BCUT2D eigenvalue weighted by atomic mass is 19.4. The Labute approximate surface area is 174 Å². The lowest BCUT2D eigenvalue weighted by Gasteiger charge is -2.21. The minimum atomic E-state index is -5.14. The van der Waals surface area contributed by atoms with Gasteiger partial charge >= 0.3 is 12.3 Å². The van der Waals surface area contributed by atoms with Crippen LogP contribution < -0.4 is 15.8 Å². The Morgan fingerprint density at radius 3 is 2.29 bits per heavy atom. The molecule has 31 heavy (non-hydrogen) atoms. The molecule has 0 aliphatic carbocycles. The second kappa shape index (κ2) is 10.2. The number of rotatable bonds is 9. The third-order valence-corrected chi connectivity index (χ3v) is 4.26. The van der Waals surface area contributed by atoms with E-state index in [9.17, 15) is 37.4 Å². The lowest BCUT2D eigenvalue weighted by Crippen LogP contribution is -2.52. The van der Waals surface area contributed by atoms with Crippen molar-refractivity contribution in [2.75, 3.05) is 0 Å². The maximum Gasteiger partial charge on any atom is 0.573 e. The zero-order chi connectivity index (χ0) is 23.2. The first-order valence-corrected chi connectivity index (χ1v) is 9.01. The van der Waals surface area contributed by atoms with Crippen molar-refractivity contribution in [1.29, 1.82) is 0 Å². The van der Waals surface area contributed by atoms with E-state index in [1.807, 2.05) is 0 Å². The van der Waals surface area contributed by atoms with E-state index < -0.39 is 54.4 Å². The SMILES string of the molecule is N[C@H](Cc1ccccc1)[C@H](O)C(=O)N[C@@H](Cc1ccc(F)c(OC(F)(F)F)c1)C(=O)O. The molecule has 11 heteroatoms. The average Bonchev–Trinajstić information content (AvgIpc) is 2.68. The lowest BCUT2D eigenvalue weighted by atomic mass is 10.0. The molecule has 0 unspecified atom stereocenters. The van der Waals surface area contributed by atoms with Crippen LogP contribution in [0.5, 0.6) is 5.75 Å². The van der Waals surface area contributed by atoms with E-state index in [2.05, 4.69) is 10.1 Å². The minimum Gasteiger partial charge on any atom is -0.480 e. The largest absolute Gasteiger partial charge is 0.573 e. The summed E-state index contributed by atoms with van der Waals surface area (Å²) in [6, 6.07) is 8.51. The van der Waals surface area contributed by atoms with Crippen LogP contribution in [0.15, 0.2) is 48.5 Å². The molecule has 3 atom stereocenters. The zero-order valence-electron chi connectivity index (χ0n) is 16.0. The fourth-order valence-corrected chi connectivity index (χ4v) is 2.76. The minimum absolute atomic E-state index is 0.0450. The molecule has 2 aromatic rings. The number of hydrogen-bond donors (Lipinski definition) is 4. The molecule has 168 valence electrons. The van der Waals surface area contributed by atoms with Crippen LogP contribution in [-0.2, 0) is 22.4 Å². The van der Waals surface area contributed by atoms with Gasteiger partial charge in [0.05, 0.1) is 0 Å². The number of alkyl halides is 3. The van der Waals surface area contributed by atoms with Crippen LogP contribution in [0.25, 0.3) is 0 Å². The number of aliphatic carboxylic acids is 1. The van der Waals surface area contributed by atoms with Gasteiger partial charge in [-0.3, -0.25) is 4.79 Å². The number of carboxylic acids is 1. The van der Waals surface area contributed by atoms with Crippen LogP contribution in [0.3, 0.4) is 0 Å². The quantitative estimate of drug-likeness (QED) is 0.438. The molecule has 0 saturated carbocycles. The van der Waals surface area contributed by atoms with Gasteiger partial charge in [-0.2, -0.15) is 0 Å². The molecule has 0 radical (unpaired) electrons. The van der Waals surface area contributed by atoms with Gasteiger partial charge in [0.25, 0.3) is 5.91 Å². The molecular formula is C20H20F4N2O5. The van der Waals surface area contributed by atoms with Crippen LogP contribution in [0.1, 0.15) is 11.1 Å². The van der Waals surface area contributed by atoms with Crippen molar-refractivity contribution in [3.8, 4) is 5.75 Å². The Balaban J connectivity index is 2.06. The van der Waals surface area contributed by atoms with Crippen molar-refractivity contribution in [1.82, 2.24) is 5.32 Å². The summed E-state index contributed by atoms with van der Waals surface area (Å²) in [6.07, 6.45) is -7.22. The summed E-state index contributed by atoms with van der Waals surface area (Å²) in [5.41, 5.74) is 6.53. The highest BCUT2D eigenvalue weighted by molar-refractivity contribution is 5.86. The molecule has 0 aliphatic rings. The second-order valence-electron chi connectivity index (χ2n) is 6.71. The number of benzene rings is 2. The Morgan fingerprint density at radius 2 is 1.71 bits per heavy atom. The number of aliphatic hydroxyl groups is 1. The van der Waals surface area contributed by atoms with Crippen molar-refractivity contribution in [2.24, 2.45) is 5.73 Å². The molecule has 0 heterocycles. The number of nitrogens with two attached hydrogens (primary N) is 1. The van der Waals surface area contributed by atoms with Crippen LogP contribution in [0, 0.1) is 5.82 Å². The van der Waals surface area contributed by atoms with E-state index in [-0.39, 0.29) is 12.0 Å². The number of aliphatic hydroxyl groups excluding tert-OH is 1. The number of hydrogen-bond acceptors (Lipinski definition) is 5. The van der Waals surface area contributed by atoms with Crippen molar-refractivity contribution in [3.63, 3.8) is 0 Å². The van der Waals surface area contributed by atoms with Gasteiger partial charge in [0, 0.05) is 12.5 Å². The van der Waals surface area contributed by atoms with Gasteiger partial charge in [-0.15, -0.1) is 13.2 Å². The molecule has 5 N–H and O–H groups in total. The maximum absolute atomic E-state index is 13.5. The summed E-state index contributed by atoms with van der Waals surface area (Å²) < 4.78 is 54.1. The van der Waals surface area contributed by atoms with Gasteiger partial charge in [0.2, 0.25) is 0 Å². The Bertz CT molecular complexity index is 908. The molecule has 0 bridgehead atoms. The number of ether oxygens (including phenoxy) is 1. The van der Waals surface area contributed by atoms with E-state index in [1.165, 1.54) is 0 Å². The Kier molecular flexibility index (Phi) is 7.95. The summed E-state index contributed by atoms with van der Waals surface area (Å²) >= 11 is 0. The fourth-order valence-electron chi connectivity index (χ4n) is 2.76. The third kappa shape index (κ3) is 7.54. The van der Waals surface area contributed by atoms with Gasteiger partial charge < -0.3 is 26.0 Å². The topological polar surface area (TPSA) is 122 Å². The maximum atomic E-state index is 13.5. The molecule has 1 amide bonds. The van der Waals surface area contributed by atoms with Crippen LogP contribution in [0.2, 0.25) is 0 Å². The third-order valence-electron chi connectivity index (χ3n) is 4.26. The summed E-state index contributed by atoms with van der Waals surface area (Å²) in [5.74, 6) is -5.01. The van der Waals surface area contributed by atoms with Gasteiger partial charge in [0.1, 0.15) is 12.1 Å². The molecule has 0 fully saturated rings. The first-order chi connectivity index (χ1) is 14.5. The monoisotopic (exact) mass is 444 g/mol. The molecular weight excluding hydrogens is 424 g/mol. The van der Waals surface area contributed by atoms with E-state index in [0.29, 0.717) is 12.1 Å². The molecule has 0 spiro atoms. The summed E-state index contributed by atoms with van der Waals surface area (Å²) in [4.78, 5) is 23.7. The predicted molar refractivity (Wildman–Crippen MR) is 100 cm³/mol. The van der Waals surface area contributed by atoms with Crippen molar-refractivity contribution >= 4 is 11.9 Å². The van der Waals surface area contributed by atoms with Crippen molar-refractivity contribution in [3.05, 3.63) is 65.5 Å². The van der Waals surface area contributed by atoms with E-state index in [4.69, 9.17) is 5.73 Å². The number of nitrogens with one attached hydrogen (secondary N) is 1. The number of halogens is 4. The smallest absolute Gasteiger partial charge is 0.480 e. The molecule has 0 saturated heterocycles. The first kappa shape index (κ1) is 24.1.